The van der Waals surface area contributed by atoms with Crippen molar-refractivity contribution in [1.82, 2.24) is 9.97 Å². The summed E-state index contributed by atoms with van der Waals surface area (Å²) >= 11 is 0. The van der Waals surface area contributed by atoms with Gasteiger partial charge < -0.3 is 4.98 Å². The first-order chi connectivity index (χ1) is 6.47. The largest absolute Gasteiger partial charge is 0.360 e. The number of nitrogens with zero attached hydrogens (tertiary/aromatic N) is 1. The lowest BCUT2D eigenvalue weighted by molar-refractivity contribution is 1.41. The third-order valence-electron chi connectivity index (χ3n) is 1.32. The molecule has 72 valence electrons. The lowest BCUT2D eigenvalue weighted by atomic mass is 10.4. The molecule has 2 rings (SSSR count). The number of aromatic nitrogens is 2. The van der Waals surface area contributed by atoms with Crippen molar-refractivity contribution >= 4 is 11.0 Å². The maximum atomic E-state index is 4.11. The smallest absolute Gasteiger partial charge is 0.0878 e. The van der Waals surface area contributed by atoms with Gasteiger partial charge in [0.2, 0.25) is 0 Å². The summed E-state index contributed by atoms with van der Waals surface area (Å²) in [7, 11) is 0. The Morgan fingerprint density at radius 3 is 2.38 bits per heavy atom. The van der Waals surface area contributed by atoms with Gasteiger partial charge in [0.15, 0.2) is 0 Å². The third-order valence-corrected chi connectivity index (χ3v) is 1.32. The minimum atomic E-state index is 1.03. The van der Waals surface area contributed by atoms with E-state index in [1.54, 1.807) is 6.20 Å². The van der Waals surface area contributed by atoms with E-state index in [4.69, 9.17) is 0 Å². The summed E-state index contributed by atoms with van der Waals surface area (Å²) in [4.78, 5) is 7.17. The SMILES string of the molecule is CC.CC.c1cnc2cc[nH]c2c1. The second-order valence-electron chi connectivity index (χ2n) is 1.91. The highest BCUT2D eigenvalue weighted by Gasteiger charge is 1.88. The lowest BCUT2D eigenvalue weighted by Gasteiger charge is -1.82. The number of pyridine rings is 1. The van der Waals surface area contributed by atoms with Crippen LogP contribution in [0.4, 0.5) is 0 Å². The van der Waals surface area contributed by atoms with Crippen molar-refractivity contribution in [3.8, 4) is 0 Å². The van der Waals surface area contributed by atoms with Crippen molar-refractivity contribution in [2.24, 2.45) is 0 Å². The molecule has 2 nitrogen and oxygen atoms in total. The van der Waals surface area contributed by atoms with Crippen LogP contribution in [0.25, 0.3) is 11.0 Å². The molecule has 2 heterocycles. The quantitative estimate of drug-likeness (QED) is 0.655. The molecule has 2 aromatic rings. The van der Waals surface area contributed by atoms with Crippen LogP contribution in [-0.4, -0.2) is 9.97 Å². The molecule has 0 amide bonds. The fraction of sp³-hybridized carbons (Fsp3) is 0.364. The minimum absolute atomic E-state index is 1.03. The number of rotatable bonds is 0. The van der Waals surface area contributed by atoms with Crippen molar-refractivity contribution in [3.63, 3.8) is 0 Å². The molecule has 0 spiro atoms. The molecule has 0 saturated heterocycles. The van der Waals surface area contributed by atoms with Gasteiger partial charge in [-0.25, -0.2) is 0 Å². The van der Waals surface area contributed by atoms with E-state index in [1.807, 2.05) is 52.1 Å². The van der Waals surface area contributed by atoms with Crippen LogP contribution < -0.4 is 0 Å². The molecule has 0 fully saturated rings. The molecule has 2 heteroatoms. The van der Waals surface area contributed by atoms with E-state index >= 15 is 0 Å². The Kier molecular flexibility index (Phi) is 6.60. The minimum Gasteiger partial charge on any atom is -0.360 e. The number of H-pyrrole nitrogens is 1. The van der Waals surface area contributed by atoms with E-state index in [0.29, 0.717) is 0 Å². The third kappa shape index (κ3) is 3.28. The summed E-state index contributed by atoms with van der Waals surface area (Å²) in [5.41, 5.74) is 2.12. The highest BCUT2D eigenvalue weighted by atomic mass is 14.7. The van der Waals surface area contributed by atoms with Gasteiger partial charge in [-0.3, -0.25) is 4.98 Å². The Morgan fingerprint density at radius 1 is 1.08 bits per heavy atom. The molecular weight excluding hydrogens is 160 g/mol. The predicted molar refractivity (Wildman–Crippen MR) is 58.8 cm³/mol. The van der Waals surface area contributed by atoms with E-state index in [0.717, 1.165) is 11.0 Å². The first-order valence-electron chi connectivity index (χ1n) is 4.85. The maximum Gasteiger partial charge on any atom is 0.0878 e. The molecule has 1 N–H and O–H groups in total. The van der Waals surface area contributed by atoms with Gasteiger partial charge in [-0.15, -0.1) is 0 Å². The van der Waals surface area contributed by atoms with Crippen LogP contribution in [0, 0.1) is 0 Å². The highest BCUT2D eigenvalue weighted by molar-refractivity contribution is 5.73. The number of hydrogen-bond acceptors (Lipinski definition) is 1. The molecule has 2 aromatic heterocycles. The van der Waals surface area contributed by atoms with Crippen LogP contribution in [0.5, 0.6) is 0 Å². The van der Waals surface area contributed by atoms with Crippen molar-refractivity contribution in [2.45, 2.75) is 27.7 Å². The predicted octanol–water partition coefficient (Wildman–Crippen LogP) is 3.62. The zero-order valence-corrected chi connectivity index (χ0v) is 8.83. The zero-order valence-electron chi connectivity index (χ0n) is 8.83. The number of fused-ring (bicyclic) bond motifs is 1. The van der Waals surface area contributed by atoms with Gasteiger partial charge in [0, 0.05) is 12.4 Å². The Labute approximate surface area is 80.0 Å². The molecule has 0 saturated carbocycles. The standard InChI is InChI=1S/C7H6N2.2C2H6/c1-2-6-7(8-4-1)3-5-9-6;2*1-2/h1-5,9H;2*1-2H3. The van der Waals surface area contributed by atoms with Crippen LogP contribution in [0.15, 0.2) is 30.6 Å². The molecule has 0 unspecified atom stereocenters. The average molecular weight is 178 g/mol. The summed E-state index contributed by atoms with van der Waals surface area (Å²) in [6.07, 6.45) is 3.67. The van der Waals surface area contributed by atoms with Gasteiger partial charge in [-0.05, 0) is 18.2 Å². The number of nitrogens with one attached hydrogen (secondary N) is 1. The number of hydrogen-bond donors (Lipinski definition) is 1. The van der Waals surface area contributed by atoms with Crippen molar-refractivity contribution in [3.05, 3.63) is 30.6 Å². The van der Waals surface area contributed by atoms with Crippen LogP contribution in [-0.2, 0) is 0 Å². The summed E-state index contributed by atoms with van der Waals surface area (Å²) < 4.78 is 0. The van der Waals surface area contributed by atoms with E-state index in [-0.39, 0.29) is 0 Å². The first kappa shape index (κ1) is 11.7. The monoisotopic (exact) mass is 178 g/mol. The molecule has 0 aliphatic heterocycles. The van der Waals surface area contributed by atoms with Crippen molar-refractivity contribution in [1.29, 1.82) is 0 Å². The Hall–Kier alpha value is -1.31. The molecule has 0 aromatic carbocycles. The molecular formula is C11H18N2. The Morgan fingerprint density at radius 2 is 1.77 bits per heavy atom. The van der Waals surface area contributed by atoms with Crippen LogP contribution in [0.2, 0.25) is 0 Å². The maximum absolute atomic E-state index is 4.11. The molecule has 13 heavy (non-hydrogen) atoms. The zero-order chi connectivity index (χ0) is 10.1. The van der Waals surface area contributed by atoms with Crippen LogP contribution in [0.3, 0.4) is 0 Å². The molecule has 0 aliphatic rings. The molecule has 0 bridgehead atoms. The van der Waals surface area contributed by atoms with E-state index in [2.05, 4.69) is 9.97 Å². The molecule has 0 radical (unpaired) electrons. The fourth-order valence-electron chi connectivity index (χ4n) is 0.883. The van der Waals surface area contributed by atoms with Gasteiger partial charge in [0.1, 0.15) is 0 Å². The van der Waals surface area contributed by atoms with Gasteiger partial charge in [-0.2, -0.15) is 0 Å². The first-order valence-corrected chi connectivity index (χ1v) is 4.85. The number of aromatic amines is 1. The highest BCUT2D eigenvalue weighted by Crippen LogP contribution is 2.05. The normalized spacial score (nSPS) is 8.00. The van der Waals surface area contributed by atoms with Crippen molar-refractivity contribution in [2.75, 3.05) is 0 Å². The van der Waals surface area contributed by atoms with Gasteiger partial charge in [0.05, 0.1) is 11.0 Å². The lowest BCUT2D eigenvalue weighted by Crippen LogP contribution is -1.68. The van der Waals surface area contributed by atoms with Crippen molar-refractivity contribution < 1.29 is 0 Å². The summed E-state index contributed by atoms with van der Waals surface area (Å²) in [6.45, 7) is 8.00. The van der Waals surface area contributed by atoms with Gasteiger partial charge >= 0.3 is 0 Å². The summed E-state index contributed by atoms with van der Waals surface area (Å²) in [5.74, 6) is 0. The molecule has 0 atom stereocenters. The fourth-order valence-corrected chi connectivity index (χ4v) is 0.883. The Bertz CT molecular complexity index is 282. The summed E-state index contributed by atoms with van der Waals surface area (Å²) in [5, 5.41) is 0. The topological polar surface area (TPSA) is 28.7 Å². The Balaban J connectivity index is 0.000000322. The van der Waals surface area contributed by atoms with Gasteiger partial charge in [-0.1, -0.05) is 27.7 Å². The van der Waals surface area contributed by atoms with Gasteiger partial charge in [0.25, 0.3) is 0 Å². The second-order valence-corrected chi connectivity index (χ2v) is 1.91. The molecule has 0 aliphatic carbocycles. The summed E-state index contributed by atoms with van der Waals surface area (Å²) in [6, 6.07) is 5.87. The van der Waals surface area contributed by atoms with E-state index < -0.39 is 0 Å². The average Bonchev–Trinajstić information content (AvgIpc) is 2.71. The second kappa shape index (κ2) is 7.35. The van der Waals surface area contributed by atoms with E-state index in [1.165, 1.54) is 0 Å². The van der Waals surface area contributed by atoms with Crippen LogP contribution in [0.1, 0.15) is 27.7 Å². The van der Waals surface area contributed by atoms with Crippen LogP contribution >= 0.6 is 0 Å². The van der Waals surface area contributed by atoms with E-state index in [9.17, 15) is 0 Å².